The van der Waals surface area contributed by atoms with Gasteiger partial charge in [-0.3, -0.25) is 4.99 Å². The number of aliphatic hydroxyl groups is 1. The zero-order valence-electron chi connectivity index (χ0n) is 14.4. The summed E-state index contributed by atoms with van der Waals surface area (Å²) < 4.78 is 41.6. The number of fused-ring (bicyclic) bond motifs is 1. The van der Waals surface area contributed by atoms with Crippen LogP contribution in [-0.2, 0) is 6.54 Å². The van der Waals surface area contributed by atoms with Crippen molar-refractivity contribution in [3.63, 3.8) is 0 Å². The minimum absolute atomic E-state index is 0.151. The van der Waals surface area contributed by atoms with Crippen LogP contribution in [0.2, 0.25) is 0 Å². The average molecular weight is 377 g/mol. The summed E-state index contributed by atoms with van der Waals surface area (Å²) in [6, 6.07) is 8.00. The van der Waals surface area contributed by atoms with Gasteiger partial charge in [-0.2, -0.15) is 0 Å². The maximum absolute atomic E-state index is 12.5. The molecule has 0 unspecified atom stereocenters. The molecule has 4 rings (SSSR count). The van der Waals surface area contributed by atoms with E-state index < -0.39 is 6.36 Å². The van der Waals surface area contributed by atoms with Gasteiger partial charge in [-0.25, -0.2) is 4.98 Å². The van der Waals surface area contributed by atoms with Crippen LogP contribution in [0, 0.1) is 5.92 Å². The van der Waals surface area contributed by atoms with E-state index in [0.29, 0.717) is 17.8 Å². The molecular formula is C19H18F3N3O2. The lowest BCUT2D eigenvalue weighted by Crippen LogP contribution is -2.22. The predicted molar refractivity (Wildman–Crippen MR) is 94.1 cm³/mol. The highest BCUT2D eigenvalue weighted by atomic mass is 19.4. The third-order valence-electron chi connectivity index (χ3n) is 4.86. The number of anilines is 1. The van der Waals surface area contributed by atoms with Crippen molar-refractivity contribution in [2.45, 2.75) is 19.3 Å². The number of halogens is 3. The summed E-state index contributed by atoms with van der Waals surface area (Å²) >= 11 is 0. The second-order valence-corrected chi connectivity index (χ2v) is 6.72. The van der Waals surface area contributed by atoms with E-state index >= 15 is 0 Å². The highest BCUT2D eigenvalue weighted by Gasteiger charge is 2.32. The molecule has 8 heteroatoms. The van der Waals surface area contributed by atoms with E-state index in [-0.39, 0.29) is 18.3 Å². The molecule has 1 fully saturated rings. The second kappa shape index (κ2) is 6.84. The first kappa shape index (κ1) is 17.8. The molecule has 142 valence electrons. The van der Waals surface area contributed by atoms with Crippen LogP contribution < -0.4 is 9.64 Å². The molecule has 0 amide bonds. The fraction of sp³-hybridized carbons (Fsp3) is 0.368. The lowest BCUT2D eigenvalue weighted by molar-refractivity contribution is -0.274. The fourth-order valence-electron chi connectivity index (χ4n) is 3.54. The van der Waals surface area contributed by atoms with Crippen LogP contribution >= 0.6 is 0 Å². The Morgan fingerprint density at radius 1 is 1.22 bits per heavy atom. The van der Waals surface area contributed by atoms with Crippen LogP contribution in [-0.4, -0.2) is 41.9 Å². The minimum atomic E-state index is -4.73. The highest BCUT2D eigenvalue weighted by molar-refractivity contribution is 6.15. The standard InChI is InChI=1S/C19H18F3N3O2/c20-19(21,22)27-15-2-1-14-9-24-18(16(14)8-15)13-3-5-23-17(7-13)25-6-4-12(10-25)11-26/h1-3,5,7-8,12,26H,4,6,9-11H2/t12-/m0/s1. The molecule has 1 aromatic carbocycles. The molecule has 0 bridgehead atoms. The van der Waals surface area contributed by atoms with E-state index in [4.69, 9.17) is 0 Å². The highest BCUT2D eigenvalue weighted by Crippen LogP contribution is 2.31. The van der Waals surface area contributed by atoms with Gasteiger partial charge in [0.2, 0.25) is 0 Å². The number of rotatable bonds is 4. The van der Waals surface area contributed by atoms with Crippen LogP contribution in [0.25, 0.3) is 0 Å². The van der Waals surface area contributed by atoms with Gasteiger partial charge in [0, 0.05) is 42.9 Å². The van der Waals surface area contributed by atoms with Crippen molar-refractivity contribution < 1.29 is 23.0 Å². The average Bonchev–Trinajstić information content (AvgIpc) is 3.27. The van der Waals surface area contributed by atoms with E-state index in [9.17, 15) is 18.3 Å². The van der Waals surface area contributed by atoms with Crippen molar-refractivity contribution in [1.82, 2.24) is 4.98 Å². The number of aliphatic hydroxyl groups excluding tert-OH is 1. The Labute approximate surface area is 154 Å². The summed E-state index contributed by atoms with van der Waals surface area (Å²) in [5.41, 5.74) is 2.94. The molecular weight excluding hydrogens is 359 g/mol. The van der Waals surface area contributed by atoms with Gasteiger partial charge in [-0.1, -0.05) is 6.07 Å². The Kier molecular flexibility index (Phi) is 4.51. The van der Waals surface area contributed by atoms with Gasteiger partial charge in [0.15, 0.2) is 0 Å². The SMILES string of the molecule is OC[C@H]1CCN(c2cc(C3=NCc4ccc(OC(F)(F)F)cc43)ccn2)C1. The first-order chi connectivity index (χ1) is 12.9. The maximum atomic E-state index is 12.5. The lowest BCUT2D eigenvalue weighted by Gasteiger charge is -2.18. The predicted octanol–water partition coefficient (Wildman–Crippen LogP) is 3.15. The summed E-state index contributed by atoms with van der Waals surface area (Å²) in [6.07, 6.45) is -2.15. The monoisotopic (exact) mass is 377 g/mol. The quantitative estimate of drug-likeness (QED) is 0.889. The summed E-state index contributed by atoms with van der Waals surface area (Å²) in [5.74, 6) is 0.764. The number of alkyl halides is 3. The molecule has 5 nitrogen and oxygen atoms in total. The van der Waals surface area contributed by atoms with Crippen molar-refractivity contribution >= 4 is 11.5 Å². The Balaban J connectivity index is 1.61. The van der Waals surface area contributed by atoms with E-state index in [1.165, 1.54) is 12.1 Å². The van der Waals surface area contributed by atoms with E-state index in [0.717, 1.165) is 36.5 Å². The Morgan fingerprint density at radius 3 is 2.81 bits per heavy atom. The summed E-state index contributed by atoms with van der Waals surface area (Å²) in [5, 5.41) is 9.32. The number of hydrogen-bond acceptors (Lipinski definition) is 5. The minimum Gasteiger partial charge on any atom is -0.406 e. The second-order valence-electron chi connectivity index (χ2n) is 6.72. The molecule has 0 radical (unpaired) electrons. The summed E-state index contributed by atoms with van der Waals surface area (Å²) in [7, 11) is 0. The number of pyridine rings is 1. The van der Waals surface area contributed by atoms with Crippen LogP contribution in [0.15, 0.2) is 41.5 Å². The molecule has 0 aliphatic carbocycles. The largest absolute Gasteiger partial charge is 0.573 e. The van der Waals surface area contributed by atoms with Crippen LogP contribution in [0.4, 0.5) is 19.0 Å². The molecule has 3 heterocycles. The number of benzene rings is 1. The molecule has 0 saturated carbocycles. The normalized spacial score (nSPS) is 19.2. The first-order valence-corrected chi connectivity index (χ1v) is 8.68. The Morgan fingerprint density at radius 2 is 2.07 bits per heavy atom. The number of hydrogen-bond donors (Lipinski definition) is 1. The lowest BCUT2D eigenvalue weighted by atomic mass is 10.0. The van der Waals surface area contributed by atoms with Gasteiger partial charge in [-0.05, 0) is 36.2 Å². The third kappa shape index (κ3) is 3.75. The van der Waals surface area contributed by atoms with E-state index in [1.807, 2.05) is 6.07 Å². The molecule has 2 aliphatic rings. The zero-order chi connectivity index (χ0) is 19.0. The molecule has 1 N–H and O–H groups in total. The third-order valence-corrected chi connectivity index (χ3v) is 4.86. The summed E-state index contributed by atoms with van der Waals surface area (Å²) in [4.78, 5) is 11.0. The molecule has 1 saturated heterocycles. The van der Waals surface area contributed by atoms with E-state index in [1.54, 1.807) is 18.3 Å². The molecule has 2 aliphatic heterocycles. The molecule has 2 aromatic rings. The number of nitrogens with zero attached hydrogens (tertiary/aromatic N) is 3. The fourth-order valence-corrected chi connectivity index (χ4v) is 3.54. The topological polar surface area (TPSA) is 58.0 Å². The zero-order valence-corrected chi connectivity index (χ0v) is 14.4. The Hall–Kier alpha value is -2.61. The van der Waals surface area contributed by atoms with Crippen LogP contribution in [0.3, 0.4) is 0 Å². The molecule has 0 spiro atoms. The van der Waals surface area contributed by atoms with Crippen molar-refractivity contribution in [1.29, 1.82) is 0 Å². The first-order valence-electron chi connectivity index (χ1n) is 8.68. The number of aromatic nitrogens is 1. The van der Waals surface area contributed by atoms with Gasteiger partial charge >= 0.3 is 6.36 Å². The van der Waals surface area contributed by atoms with Crippen molar-refractivity contribution in [2.75, 3.05) is 24.6 Å². The smallest absolute Gasteiger partial charge is 0.406 e. The Bertz CT molecular complexity index is 883. The van der Waals surface area contributed by atoms with Crippen LogP contribution in [0.1, 0.15) is 23.1 Å². The van der Waals surface area contributed by atoms with Gasteiger partial charge in [-0.15, -0.1) is 13.2 Å². The maximum Gasteiger partial charge on any atom is 0.573 e. The van der Waals surface area contributed by atoms with Crippen molar-refractivity contribution in [2.24, 2.45) is 10.9 Å². The molecule has 27 heavy (non-hydrogen) atoms. The number of ether oxygens (including phenoxy) is 1. The number of aliphatic imine (C=N–C) groups is 1. The van der Waals surface area contributed by atoms with Crippen LogP contribution in [0.5, 0.6) is 5.75 Å². The summed E-state index contributed by atoms with van der Waals surface area (Å²) in [6.45, 7) is 2.12. The van der Waals surface area contributed by atoms with E-state index in [2.05, 4.69) is 19.6 Å². The van der Waals surface area contributed by atoms with Crippen molar-refractivity contribution in [3.05, 3.63) is 53.2 Å². The van der Waals surface area contributed by atoms with Crippen molar-refractivity contribution in [3.8, 4) is 5.75 Å². The van der Waals surface area contributed by atoms with Gasteiger partial charge in [0.05, 0.1) is 12.3 Å². The van der Waals surface area contributed by atoms with Gasteiger partial charge in [0.1, 0.15) is 11.6 Å². The van der Waals surface area contributed by atoms with Gasteiger partial charge < -0.3 is 14.7 Å². The van der Waals surface area contributed by atoms with Gasteiger partial charge in [0.25, 0.3) is 0 Å². The molecule has 1 atom stereocenters. The molecule has 1 aromatic heterocycles.